The third-order valence-electron chi connectivity index (χ3n) is 4.70. The number of amides is 1. The number of rotatable bonds is 7. The van der Waals surface area contributed by atoms with Crippen LogP contribution in [0.3, 0.4) is 0 Å². The number of carbonyl (C=O) groups excluding carboxylic acids is 2. The first-order chi connectivity index (χ1) is 14.6. The monoisotopic (exact) mass is 422 g/mol. The van der Waals surface area contributed by atoms with Crippen molar-refractivity contribution in [2.75, 3.05) is 24.7 Å². The standard InChI is InChI=1S/C23H22N2O4S/c1-2-10-28-23(27)13-25-19-12-17(8-9-20(19)29-14-22(25)26)18-15-30-21(24-18)11-16-6-4-3-5-7-16/h3-9,12,15H,2,10-11,13-14H2,1H3. The molecule has 1 amide bonds. The minimum atomic E-state index is -0.428. The van der Waals surface area contributed by atoms with Crippen LogP contribution in [0.15, 0.2) is 53.9 Å². The van der Waals surface area contributed by atoms with Gasteiger partial charge in [0.25, 0.3) is 5.91 Å². The first kappa shape index (κ1) is 20.1. The Morgan fingerprint density at radius 3 is 2.87 bits per heavy atom. The number of fused-ring (bicyclic) bond motifs is 1. The number of esters is 1. The van der Waals surface area contributed by atoms with Gasteiger partial charge in [-0.3, -0.25) is 14.5 Å². The van der Waals surface area contributed by atoms with Crippen LogP contribution in [0.4, 0.5) is 5.69 Å². The molecule has 0 atom stereocenters. The fourth-order valence-corrected chi connectivity index (χ4v) is 4.06. The van der Waals surface area contributed by atoms with Crippen LogP contribution < -0.4 is 9.64 Å². The molecule has 2 aromatic carbocycles. The fourth-order valence-electron chi connectivity index (χ4n) is 3.22. The lowest BCUT2D eigenvalue weighted by atomic mass is 10.1. The van der Waals surface area contributed by atoms with Gasteiger partial charge in [-0.2, -0.15) is 0 Å². The molecule has 30 heavy (non-hydrogen) atoms. The van der Waals surface area contributed by atoms with Crippen molar-refractivity contribution in [2.45, 2.75) is 19.8 Å². The molecule has 0 aliphatic carbocycles. The SMILES string of the molecule is CCCOC(=O)CN1C(=O)COc2ccc(-c3csc(Cc4ccccc4)n3)cc21. The van der Waals surface area contributed by atoms with Crippen LogP contribution in [-0.2, 0) is 20.7 Å². The molecule has 1 aliphatic rings. The Morgan fingerprint density at radius 1 is 1.23 bits per heavy atom. The van der Waals surface area contributed by atoms with Crippen molar-refractivity contribution in [3.8, 4) is 17.0 Å². The average molecular weight is 423 g/mol. The zero-order valence-electron chi connectivity index (χ0n) is 16.7. The van der Waals surface area contributed by atoms with Gasteiger partial charge in [0, 0.05) is 17.4 Å². The molecule has 1 aromatic heterocycles. The van der Waals surface area contributed by atoms with Gasteiger partial charge in [-0.05, 0) is 30.2 Å². The fraction of sp³-hybridized carbons (Fsp3) is 0.261. The van der Waals surface area contributed by atoms with E-state index in [4.69, 9.17) is 14.5 Å². The number of anilines is 1. The highest BCUT2D eigenvalue weighted by molar-refractivity contribution is 7.10. The molecule has 0 saturated heterocycles. The summed E-state index contributed by atoms with van der Waals surface area (Å²) >= 11 is 1.60. The van der Waals surface area contributed by atoms with Crippen molar-refractivity contribution in [3.05, 3.63) is 64.5 Å². The number of thiazole rings is 1. The van der Waals surface area contributed by atoms with Crippen LogP contribution in [0.5, 0.6) is 5.75 Å². The quantitative estimate of drug-likeness (QED) is 0.537. The summed E-state index contributed by atoms with van der Waals surface area (Å²) in [7, 11) is 0. The smallest absolute Gasteiger partial charge is 0.326 e. The summed E-state index contributed by atoms with van der Waals surface area (Å²) < 4.78 is 10.7. The minimum absolute atomic E-state index is 0.0919. The molecule has 7 heteroatoms. The summed E-state index contributed by atoms with van der Waals surface area (Å²) in [5, 5.41) is 3.02. The van der Waals surface area contributed by atoms with E-state index in [0.29, 0.717) is 18.0 Å². The third kappa shape index (κ3) is 4.52. The van der Waals surface area contributed by atoms with E-state index < -0.39 is 5.97 Å². The zero-order valence-corrected chi connectivity index (χ0v) is 17.5. The second-order valence-electron chi connectivity index (χ2n) is 6.96. The van der Waals surface area contributed by atoms with E-state index in [0.717, 1.165) is 29.1 Å². The lowest BCUT2D eigenvalue weighted by molar-refractivity contribution is -0.143. The third-order valence-corrected chi connectivity index (χ3v) is 5.55. The Hall–Kier alpha value is -3.19. The van der Waals surface area contributed by atoms with E-state index in [2.05, 4.69) is 12.1 Å². The van der Waals surface area contributed by atoms with E-state index in [1.807, 2.05) is 48.7 Å². The molecular weight excluding hydrogens is 400 g/mol. The van der Waals surface area contributed by atoms with Crippen molar-refractivity contribution < 1.29 is 19.1 Å². The second-order valence-corrected chi connectivity index (χ2v) is 7.90. The molecule has 1 aliphatic heterocycles. The van der Waals surface area contributed by atoms with E-state index in [9.17, 15) is 9.59 Å². The molecule has 0 radical (unpaired) electrons. The number of hydrogen-bond donors (Lipinski definition) is 0. The molecule has 0 spiro atoms. The molecule has 0 fully saturated rings. The number of benzene rings is 2. The maximum atomic E-state index is 12.4. The van der Waals surface area contributed by atoms with Gasteiger partial charge in [0.15, 0.2) is 6.61 Å². The van der Waals surface area contributed by atoms with Gasteiger partial charge in [-0.15, -0.1) is 11.3 Å². The van der Waals surface area contributed by atoms with Crippen LogP contribution >= 0.6 is 11.3 Å². The van der Waals surface area contributed by atoms with Gasteiger partial charge in [-0.1, -0.05) is 37.3 Å². The molecular formula is C23H22N2O4S. The number of aromatic nitrogens is 1. The summed E-state index contributed by atoms with van der Waals surface area (Å²) in [6, 6.07) is 15.8. The predicted octanol–water partition coefficient (Wildman–Crippen LogP) is 4.08. The largest absolute Gasteiger partial charge is 0.482 e. The van der Waals surface area contributed by atoms with Crippen LogP contribution in [0.2, 0.25) is 0 Å². The number of ether oxygens (including phenoxy) is 2. The summed E-state index contributed by atoms with van der Waals surface area (Å²) in [5.74, 6) is -0.125. The van der Waals surface area contributed by atoms with Crippen LogP contribution in [-0.4, -0.2) is 36.6 Å². The summed E-state index contributed by atoms with van der Waals surface area (Å²) in [4.78, 5) is 30.7. The molecule has 2 heterocycles. The van der Waals surface area contributed by atoms with Gasteiger partial charge in [-0.25, -0.2) is 4.98 Å². The Bertz CT molecular complexity index is 1050. The predicted molar refractivity (Wildman–Crippen MR) is 116 cm³/mol. The minimum Gasteiger partial charge on any atom is -0.482 e. The first-order valence-corrected chi connectivity index (χ1v) is 10.7. The highest BCUT2D eigenvalue weighted by atomic mass is 32.1. The lowest BCUT2D eigenvalue weighted by Crippen LogP contribution is -2.42. The van der Waals surface area contributed by atoms with Gasteiger partial charge in [0.05, 0.1) is 23.0 Å². The van der Waals surface area contributed by atoms with Crippen molar-refractivity contribution in [3.63, 3.8) is 0 Å². The number of hydrogen-bond acceptors (Lipinski definition) is 6. The van der Waals surface area contributed by atoms with Gasteiger partial charge >= 0.3 is 5.97 Å². The van der Waals surface area contributed by atoms with E-state index in [-0.39, 0.29) is 19.1 Å². The number of carbonyl (C=O) groups is 2. The molecule has 0 unspecified atom stereocenters. The molecule has 0 saturated carbocycles. The molecule has 0 N–H and O–H groups in total. The Morgan fingerprint density at radius 2 is 2.07 bits per heavy atom. The molecule has 0 bridgehead atoms. The average Bonchev–Trinajstić information content (AvgIpc) is 3.23. The highest BCUT2D eigenvalue weighted by Gasteiger charge is 2.28. The maximum Gasteiger partial charge on any atom is 0.326 e. The van der Waals surface area contributed by atoms with Crippen molar-refractivity contribution >= 4 is 28.9 Å². The van der Waals surface area contributed by atoms with Crippen molar-refractivity contribution in [2.24, 2.45) is 0 Å². The topological polar surface area (TPSA) is 68.7 Å². The highest BCUT2D eigenvalue weighted by Crippen LogP contribution is 2.36. The normalized spacial score (nSPS) is 13.0. The lowest BCUT2D eigenvalue weighted by Gasteiger charge is -2.29. The Labute approximate surface area is 179 Å². The van der Waals surface area contributed by atoms with Crippen molar-refractivity contribution in [1.29, 1.82) is 0 Å². The van der Waals surface area contributed by atoms with E-state index in [1.165, 1.54) is 10.5 Å². The van der Waals surface area contributed by atoms with Gasteiger partial charge < -0.3 is 9.47 Å². The maximum absolute atomic E-state index is 12.4. The molecule has 3 aromatic rings. The molecule has 6 nitrogen and oxygen atoms in total. The Balaban J connectivity index is 1.57. The zero-order chi connectivity index (χ0) is 20.9. The molecule has 154 valence electrons. The van der Waals surface area contributed by atoms with Gasteiger partial charge in [0.1, 0.15) is 12.3 Å². The van der Waals surface area contributed by atoms with Crippen LogP contribution in [0.25, 0.3) is 11.3 Å². The summed E-state index contributed by atoms with van der Waals surface area (Å²) in [5.41, 5.74) is 3.48. The van der Waals surface area contributed by atoms with Crippen LogP contribution in [0.1, 0.15) is 23.9 Å². The first-order valence-electron chi connectivity index (χ1n) is 9.85. The number of nitrogens with zero attached hydrogens (tertiary/aromatic N) is 2. The Kier molecular flexibility index (Phi) is 6.09. The van der Waals surface area contributed by atoms with E-state index >= 15 is 0 Å². The van der Waals surface area contributed by atoms with E-state index in [1.54, 1.807) is 11.3 Å². The summed E-state index contributed by atoms with van der Waals surface area (Å²) in [6.45, 7) is 2.04. The second kappa shape index (κ2) is 9.09. The molecule has 4 rings (SSSR count). The summed E-state index contributed by atoms with van der Waals surface area (Å²) in [6.07, 6.45) is 1.51. The van der Waals surface area contributed by atoms with Crippen LogP contribution in [0, 0.1) is 0 Å². The van der Waals surface area contributed by atoms with Gasteiger partial charge in [0.2, 0.25) is 0 Å². The van der Waals surface area contributed by atoms with Crippen molar-refractivity contribution in [1.82, 2.24) is 4.98 Å².